The number of fused-ring (bicyclic) bond motifs is 1. The molecule has 72 valence electrons. The van der Waals surface area contributed by atoms with Gasteiger partial charge in [-0.2, -0.15) is 0 Å². The SMILES string of the molecule is Nc1sc2cc(CO)ccc2c1C=O. The second-order valence-corrected chi connectivity index (χ2v) is 4.07. The van der Waals surface area contributed by atoms with Crippen LogP contribution in [0.4, 0.5) is 5.00 Å². The van der Waals surface area contributed by atoms with E-state index in [1.165, 1.54) is 11.3 Å². The fourth-order valence-corrected chi connectivity index (χ4v) is 2.40. The normalized spacial score (nSPS) is 10.6. The molecular formula is C10H9NO2S. The second kappa shape index (κ2) is 3.40. The van der Waals surface area contributed by atoms with Crippen molar-refractivity contribution in [1.82, 2.24) is 0 Å². The molecule has 3 nitrogen and oxygen atoms in total. The Bertz CT molecular complexity index is 490. The smallest absolute Gasteiger partial charge is 0.153 e. The van der Waals surface area contributed by atoms with Gasteiger partial charge in [0.2, 0.25) is 0 Å². The molecular weight excluding hydrogens is 198 g/mol. The molecule has 0 spiro atoms. The summed E-state index contributed by atoms with van der Waals surface area (Å²) in [5.74, 6) is 0. The lowest BCUT2D eigenvalue weighted by Gasteiger charge is -1.95. The van der Waals surface area contributed by atoms with Crippen LogP contribution >= 0.6 is 11.3 Å². The maximum absolute atomic E-state index is 10.7. The van der Waals surface area contributed by atoms with E-state index < -0.39 is 0 Å². The van der Waals surface area contributed by atoms with Gasteiger partial charge in [0.15, 0.2) is 6.29 Å². The summed E-state index contributed by atoms with van der Waals surface area (Å²) in [5, 5.41) is 10.3. The van der Waals surface area contributed by atoms with Gasteiger partial charge in [-0.3, -0.25) is 4.79 Å². The molecule has 0 atom stereocenters. The number of aliphatic hydroxyl groups excluding tert-OH is 1. The lowest BCUT2D eigenvalue weighted by Crippen LogP contribution is -1.86. The van der Waals surface area contributed by atoms with Crippen molar-refractivity contribution in [2.24, 2.45) is 0 Å². The van der Waals surface area contributed by atoms with Gasteiger partial charge in [0, 0.05) is 10.1 Å². The number of nitrogens with two attached hydrogens (primary N) is 1. The number of rotatable bonds is 2. The van der Waals surface area contributed by atoms with Gasteiger partial charge < -0.3 is 10.8 Å². The molecule has 0 radical (unpaired) electrons. The molecule has 1 aromatic heterocycles. The van der Waals surface area contributed by atoms with Crippen LogP contribution in [0.25, 0.3) is 10.1 Å². The monoisotopic (exact) mass is 207 g/mol. The van der Waals surface area contributed by atoms with Crippen molar-refractivity contribution in [2.45, 2.75) is 6.61 Å². The maximum atomic E-state index is 10.7. The third-order valence-electron chi connectivity index (χ3n) is 2.12. The van der Waals surface area contributed by atoms with Crippen LogP contribution in [0.3, 0.4) is 0 Å². The van der Waals surface area contributed by atoms with Crippen LogP contribution in [-0.2, 0) is 6.61 Å². The molecule has 0 aliphatic carbocycles. The van der Waals surface area contributed by atoms with Crippen LogP contribution in [0, 0.1) is 0 Å². The molecule has 0 saturated carbocycles. The van der Waals surface area contributed by atoms with Crippen molar-refractivity contribution in [1.29, 1.82) is 0 Å². The van der Waals surface area contributed by atoms with Gasteiger partial charge in [0.1, 0.15) is 0 Å². The van der Waals surface area contributed by atoms with E-state index >= 15 is 0 Å². The molecule has 3 N–H and O–H groups in total. The first kappa shape index (κ1) is 9.18. The van der Waals surface area contributed by atoms with E-state index in [0.29, 0.717) is 10.6 Å². The van der Waals surface area contributed by atoms with Gasteiger partial charge >= 0.3 is 0 Å². The summed E-state index contributed by atoms with van der Waals surface area (Å²) in [7, 11) is 0. The maximum Gasteiger partial charge on any atom is 0.153 e. The first-order valence-corrected chi connectivity index (χ1v) is 4.95. The first-order valence-electron chi connectivity index (χ1n) is 4.13. The molecule has 0 bridgehead atoms. The molecule has 2 rings (SSSR count). The first-order chi connectivity index (χ1) is 6.76. The number of benzene rings is 1. The van der Waals surface area contributed by atoms with Crippen molar-refractivity contribution in [3.8, 4) is 0 Å². The third-order valence-corrected chi connectivity index (χ3v) is 3.12. The summed E-state index contributed by atoms with van der Waals surface area (Å²) in [5.41, 5.74) is 7.06. The van der Waals surface area contributed by atoms with E-state index in [1.54, 1.807) is 6.07 Å². The Morgan fingerprint density at radius 3 is 2.93 bits per heavy atom. The topological polar surface area (TPSA) is 63.3 Å². The Kier molecular flexibility index (Phi) is 2.23. The predicted molar refractivity (Wildman–Crippen MR) is 57.5 cm³/mol. The minimum atomic E-state index is 0.00413. The number of aldehydes is 1. The summed E-state index contributed by atoms with van der Waals surface area (Å²) in [4.78, 5) is 10.7. The number of thiophene rings is 1. The molecule has 1 aromatic carbocycles. The zero-order valence-corrected chi connectivity index (χ0v) is 8.17. The van der Waals surface area contributed by atoms with Gasteiger partial charge in [-0.15, -0.1) is 11.3 Å². The minimum Gasteiger partial charge on any atom is -0.392 e. The zero-order chi connectivity index (χ0) is 10.1. The minimum absolute atomic E-state index is 0.00413. The number of anilines is 1. The number of nitrogen functional groups attached to an aromatic ring is 1. The molecule has 0 saturated heterocycles. The molecule has 0 fully saturated rings. The number of hydrogen-bond acceptors (Lipinski definition) is 4. The van der Waals surface area contributed by atoms with E-state index in [1.807, 2.05) is 12.1 Å². The summed E-state index contributed by atoms with van der Waals surface area (Å²) >= 11 is 1.37. The Morgan fingerprint density at radius 2 is 2.29 bits per heavy atom. The summed E-state index contributed by atoms with van der Waals surface area (Å²) in [6, 6.07) is 5.46. The van der Waals surface area contributed by atoms with Crippen molar-refractivity contribution < 1.29 is 9.90 Å². The highest BCUT2D eigenvalue weighted by Gasteiger charge is 2.08. The molecule has 2 aromatic rings. The van der Waals surface area contributed by atoms with Crippen LogP contribution in [0.15, 0.2) is 18.2 Å². The predicted octanol–water partition coefficient (Wildman–Crippen LogP) is 1.79. The van der Waals surface area contributed by atoms with Gasteiger partial charge in [-0.25, -0.2) is 0 Å². The van der Waals surface area contributed by atoms with Crippen LogP contribution in [0.5, 0.6) is 0 Å². The summed E-state index contributed by atoms with van der Waals surface area (Å²) in [6.07, 6.45) is 0.771. The van der Waals surface area contributed by atoms with E-state index in [0.717, 1.165) is 21.9 Å². The molecule has 0 aliphatic rings. The van der Waals surface area contributed by atoms with E-state index in [-0.39, 0.29) is 6.61 Å². The molecule has 1 heterocycles. The fraction of sp³-hybridized carbons (Fsp3) is 0.100. The largest absolute Gasteiger partial charge is 0.392 e. The summed E-state index contributed by atoms with van der Waals surface area (Å²) < 4.78 is 0.941. The number of carbonyl (C=O) groups is 1. The van der Waals surface area contributed by atoms with E-state index in [4.69, 9.17) is 10.8 Å². The Morgan fingerprint density at radius 1 is 1.50 bits per heavy atom. The van der Waals surface area contributed by atoms with E-state index in [2.05, 4.69) is 0 Å². The van der Waals surface area contributed by atoms with Crippen molar-refractivity contribution >= 4 is 32.7 Å². The number of aliphatic hydroxyl groups is 1. The lowest BCUT2D eigenvalue weighted by atomic mass is 10.1. The summed E-state index contributed by atoms with van der Waals surface area (Å²) in [6.45, 7) is 0.00413. The van der Waals surface area contributed by atoms with Gasteiger partial charge in [-0.1, -0.05) is 12.1 Å². The highest BCUT2D eigenvalue weighted by molar-refractivity contribution is 7.23. The van der Waals surface area contributed by atoms with Crippen LogP contribution in [0.1, 0.15) is 15.9 Å². The van der Waals surface area contributed by atoms with E-state index in [9.17, 15) is 4.79 Å². The molecule has 4 heteroatoms. The van der Waals surface area contributed by atoms with Gasteiger partial charge in [0.25, 0.3) is 0 Å². The van der Waals surface area contributed by atoms with Crippen molar-refractivity contribution in [2.75, 3.05) is 5.73 Å². The third kappa shape index (κ3) is 1.29. The Labute approximate surface area is 84.8 Å². The quantitative estimate of drug-likeness (QED) is 0.738. The van der Waals surface area contributed by atoms with Crippen LogP contribution in [0.2, 0.25) is 0 Å². The number of carbonyl (C=O) groups excluding carboxylic acids is 1. The standard InChI is InChI=1S/C10H9NO2S/c11-10-8(5-13)7-2-1-6(4-12)3-9(7)14-10/h1-3,5,12H,4,11H2. The Balaban J connectivity index is 2.74. The number of hydrogen-bond donors (Lipinski definition) is 2. The molecule has 0 aliphatic heterocycles. The van der Waals surface area contributed by atoms with Crippen molar-refractivity contribution in [3.05, 3.63) is 29.3 Å². The molecule has 14 heavy (non-hydrogen) atoms. The molecule has 0 unspecified atom stereocenters. The van der Waals surface area contributed by atoms with Gasteiger partial charge in [-0.05, 0) is 11.6 Å². The average Bonchev–Trinajstić information content (AvgIpc) is 2.51. The van der Waals surface area contributed by atoms with Crippen LogP contribution in [-0.4, -0.2) is 11.4 Å². The average molecular weight is 207 g/mol. The van der Waals surface area contributed by atoms with Crippen LogP contribution < -0.4 is 5.73 Å². The van der Waals surface area contributed by atoms with Crippen molar-refractivity contribution in [3.63, 3.8) is 0 Å². The lowest BCUT2D eigenvalue weighted by molar-refractivity contribution is 0.112. The highest BCUT2D eigenvalue weighted by Crippen LogP contribution is 2.32. The highest BCUT2D eigenvalue weighted by atomic mass is 32.1. The zero-order valence-electron chi connectivity index (χ0n) is 7.36. The molecule has 0 amide bonds. The second-order valence-electron chi connectivity index (χ2n) is 2.99. The fourth-order valence-electron chi connectivity index (χ4n) is 1.40. The van der Waals surface area contributed by atoms with Gasteiger partial charge in [0.05, 0.1) is 17.2 Å². The Hall–Kier alpha value is -1.39.